The number of anilines is 1. The number of carbonyl (C=O) groups is 3. The Labute approximate surface area is 120 Å². The molecule has 0 bridgehead atoms. The maximum atomic E-state index is 12.7. The fourth-order valence-corrected chi connectivity index (χ4v) is 3.05. The average molecular weight is 293 g/mol. The lowest BCUT2D eigenvalue weighted by Crippen LogP contribution is -2.63. The van der Waals surface area contributed by atoms with Crippen molar-refractivity contribution in [1.29, 1.82) is 0 Å². The molecule has 2 fully saturated rings. The highest BCUT2D eigenvalue weighted by Gasteiger charge is 2.55. The first-order valence-electron chi connectivity index (χ1n) is 6.50. The Balaban J connectivity index is 2.02. The molecule has 1 aromatic carbocycles. The molecular weight excluding hydrogens is 280 g/mol. The van der Waals surface area contributed by atoms with Crippen LogP contribution in [-0.4, -0.2) is 17.8 Å². The Hall–Kier alpha value is -1.88. The molecule has 20 heavy (non-hydrogen) atoms. The molecule has 6 heteroatoms. The Morgan fingerprint density at radius 1 is 1.05 bits per heavy atom. The van der Waals surface area contributed by atoms with Gasteiger partial charge in [-0.05, 0) is 37.1 Å². The van der Waals surface area contributed by atoms with E-state index < -0.39 is 23.3 Å². The lowest BCUT2D eigenvalue weighted by atomic mass is 9.82. The molecule has 0 atom stereocenters. The Morgan fingerprint density at radius 3 is 2.25 bits per heavy atom. The van der Waals surface area contributed by atoms with Gasteiger partial charge in [0.15, 0.2) is 0 Å². The first-order valence-corrected chi connectivity index (χ1v) is 6.88. The van der Waals surface area contributed by atoms with E-state index in [0.717, 1.165) is 17.7 Å². The van der Waals surface area contributed by atoms with Gasteiger partial charge in [0.2, 0.25) is 5.91 Å². The normalized spacial score (nSPS) is 21.4. The molecule has 0 aromatic heterocycles. The number of barbiturate groups is 1. The minimum Gasteiger partial charge on any atom is -0.276 e. The quantitative estimate of drug-likeness (QED) is 0.809. The predicted octanol–water partition coefficient (Wildman–Crippen LogP) is 2.48. The molecule has 5 nitrogen and oxygen atoms in total. The smallest absolute Gasteiger partial charge is 0.276 e. The van der Waals surface area contributed by atoms with Gasteiger partial charge in [0.1, 0.15) is 5.41 Å². The largest absolute Gasteiger partial charge is 0.335 e. The van der Waals surface area contributed by atoms with Gasteiger partial charge in [0, 0.05) is 5.02 Å². The second-order valence-electron chi connectivity index (χ2n) is 5.17. The van der Waals surface area contributed by atoms with Crippen molar-refractivity contribution < 1.29 is 14.4 Å². The van der Waals surface area contributed by atoms with Crippen LogP contribution in [-0.2, 0) is 9.59 Å². The van der Waals surface area contributed by atoms with Gasteiger partial charge < -0.3 is 0 Å². The van der Waals surface area contributed by atoms with Crippen LogP contribution in [0.25, 0.3) is 0 Å². The summed E-state index contributed by atoms with van der Waals surface area (Å²) in [6, 6.07) is 5.71. The highest BCUT2D eigenvalue weighted by molar-refractivity contribution is 6.31. The summed E-state index contributed by atoms with van der Waals surface area (Å²) < 4.78 is 0. The summed E-state index contributed by atoms with van der Waals surface area (Å²) in [5.41, 5.74) is -0.649. The van der Waals surface area contributed by atoms with Crippen LogP contribution in [0.2, 0.25) is 5.02 Å². The van der Waals surface area contributed by atoms with Crippen LogP contribution >= 0.6 is 11.6 Å². The van der Waals surface area contributed by atoms with E-state index in [1.165, 1.54) is 0 Å². The summed E-state index contributed by atoms with van der Waals surface area (Å²) in [5, 5.41) is 2.82. The maximum absolute atomic E-state index is 12.7. The van der Waals surface area contributed by atoms with E-state index in [4.69, 9.17) is 11.6 Å². The third kappa shape index (κ3) is 1.81. The topological polar surface area (TPSA) is 66.5 Å². The van der Waals surface area contributed by atoms with Gasteiger partial charge in [0.25, 0.3) is 5.91 Å². The number of carbonyl (C=O) groups excluding carboxylic acids is 3. The molecule has 3 rings (SSSR count). The molecule has 0 unspecified atom stereocenters. The number of rotatable bonds is 1. The molecular formula is C14H13ClN2O3. The second kappa shape index (κ2) is 4.59. The summed E-state index contributed by atoms with van der Waals surface area (Å²) in [7, 11) is 0. The van der Waals surface area contributed by atoms with Crippen LogP contribution in [0, 0.1) is 5.41 Å². The summed E-state index contributed by atoms with van der Waals surface area (Å²) in [5.74, 6) is -0.888. The van der Waals surface area contributed by atoms with Crippen molar-refractivity contribution in [2.45, 2.75) is 25.7 Å². The van der Waals surface area contributed by atoms with Gasteiger partial charge >= 0.3 is 6.03 Å². The van der Waals surface area contributed by atoms with Gasteiger partial charge in [-0.3, -0.25) is 14.9 Å². The van der Waals surface area contributed by atoms with Crippen LogP contribution < -0.4 is 10.2 Å². The molecule has 2 aliphatic rings. The number of hydrogen-bond acceptors (Lipinski definition) is 3. The monoisotopic (exact) mass is 292 g/mol. The molecule has 1 saturated heterocycles. The molecule has 1 N–H and O–H groups in total. The molecule has 1 aliphatic heterocycles. The van der Waals surface area contributed by atoms with E-state index >= 15 is 0 Å². The van der Waals surface area contributed by atoms with Crippen molar-refractivity contribution in [1.82, 2.24) is 5.32 Å². The van der Waals surface area contributed by atoms with E-state index in [9.17, 15) is 14.4 Å². The van der Waals surface area contributed by atoms with Gasteiger partial charge in [-0.2, -0.15) is 0 Å². The number of nitrogens with zero attached hydrogens (tertiary/aromatic N) is 1. The fraction of sp³-hybridized carbons (Fsp3) is 0.357. The van der Waals surface area contributed by atoms with E-state index in [1.807, 2.05) is 0 Å². The number of hydrogen-bond donors (Lipinski definition) is 1. The zero-order valence-electron chi connectivity index (χ0n) is 10.7. The third-order valence-electron chi connectivity index (χ3n) is 4.01. The van der Waals surface area contributed by atoms with Crippen molar-refractivity contribution in [3.05, 3.63) is 29.3 Å². The van der Waals surface area contributed by atoms with Crippen LogP contribution in [0.1, 0.15) is 25.7 Å². The lowest BCUT2D eigenvalue weighted by Gasteiger charge is -2.36. The summed E-state index contributed by atoms with van der Waals surface area (Å²) in [6.45, 7) is 0. The van der Waals surface area contributed by atoms with Crippen LogP contribution in [0.5, 0.6) is 0 Å². The van der Waals surface area contributed by atoms with Gasteiger partial charge in [-0.25, -0.2) is 9.69 Å². The molecule has 1 aliphatic carbocycles. The average Bonchev–Trinajstić information content (AvgIpc) is 2.90. The number of urea groups is 1. The zero-order chi connectivity index (χ0) is 14.3. The first-order chi connectivity index (χ1) is 9.54. The Morgan fingerprint density at radius 2 is 1.65 bits per heavy atom. The lowest BCUT2D eigenvalue weighted by molar-refractivity contribution is -0.142. The number of amides is 4. The maximum Gasteiger partial charge on any atom is 0.335 e. The van der Waals surface area contributed by atoms with Crippen LogP contribution in [0.4, 0.5) is 10.5 Å². The van der Waals surface area contributed by atoms with Crippen molar-refractivity contribution in [3.8, 4) is 0 Å². The predicted molar refractivity (Wildman–Crippen MR) is 73.4 cm³/mol. The first kappa shape index (κ1) is 13.1. The molecule has 104 valence electrons. The van der Waals surface area contributed by atoms with Crippen molar-refractivity contribution in [3.63, 3.8) is 0 Å². The summed E-state index contributed by atoms with van der Waals surface area (Å²) in [4.78, 5) is 37.8. The number of imide groups is 2. The summed E-state index contributed by atoms with van der Waals surface area (Å²) in [6.07, 6.45) is 2.63. The number of benzene rings is 1. The molecule has 4 amide bonds. The van der Waals surface area contributed by atoms with Crippen molar-refractivity contribution in [2.75, 3.05) is 4.90 Å². The van der Waals surface area contributed by atoms with Crippen molar-refractivity contribution >= 4 is 35.1 Å². The highest BCUT2D eigenvalue weighted by atomic mass is 35.5. The third-order valence-corrected chi connectivity index (χ3v) is 4.26. The minimum atomic E-state index is -1.08. The summed E-state index contributed by atoms with van der Waals surface area (Å²) >= 11 is 5.81. The second-order valence-corrected chi connectivity index (χ2v) is 5.60. The minimum absolute atomic E-state index is 0.425. The van der Waals surface area contributed by atoms with Crippen molar-refractivity contribution in [2.24, 2.45) is 5.41 Å². The van der Waals surface area contributed by atoms with Gasteiger partial charge in [-0.1, -0.05) is 24.4 Å². The molecule has 1 spiro atoms. The molecule has 1 saturated carbocycles. The Kier molecular flexibility index (Phi) is 3.01. The van der Waals surface area contributed by atoms with Crippen LogP contribution in [0.15, 0.2) is 24.3 Å². The van der Waals surface area contributed by atoms with E-state index in [1.54, 1.807) is 24.3 Å². The SMILES string of the molecule is O=C1NC(=O)C2(CCCC2)C(=O)N1c1ccc(Cl)cc1. The molecule has 0 radical (unpaired) electrons. The zero-order valence-corrected chi connectivity index (χ0v) is 11.4. The fourth-order valence-electron chi connectivity index (χ4n) is 2.92. The van der Waals surface area contributed by atoms with E-state index in [-0.39, 0.29) is 0 Å². The van der Waals surface area contributed by atoms with Gasteiger partial charge in [-0.15, -0.1) is 0 Å². The van der Waals surface area contributed by atoms with E-state index in [2.05, 4.69) is 5.32 Å². The standard InChI is InChI=1S/C14H13ClN2O3/c15-9-3-5-10(6-4-9)17-12(19)14(7-1-2-8-14)11(18)16-13(17)20/h3-6H,1-2,7-8H2,(H,16,18,20). The highest BCUT2D eigenvalue weighted by Crippen LogP contribution is 2.42. The molecule has 1 heterocycles. The van der Waals surface area contributed by atoms with Crippen LogP contribution in [0.3, 0.4) is 0 Å². The Bertz CT molecular complexity index is 591. The molecule has 1 aromatic rings. The number of halogens is 1. The number of nitrogens with one attached hydrogen (secondary N) is 1. The van der Waals surface area contributed by atoms with E-state index in [0.29, 0.717) is 23.6 Å². The van der Waals surface area contributed by atoms with Gasteiger partial charge in [0.05, 0.1) is 5.69 Å².